The van der Waals surface area contributed by atoms with Gasteiger partial charge in [0.2, 0.25) is 0 Å². The van der Waals surface area contributed by atoms with Gasteiger partial charge in [-0.05, 0) is 36.8 Å². The van der Waals surface area contributed by atoms with E-state index in [4.69, 9.17) is 4.74 Å². The lowest BCUT2D eigenvalue weighted by Gasteiger charge is -2.06. The molecule has 0 unspecified atom stereocenters. The highest BCUT2D eigenvalue weighted by atomic mass is 32.2. The Morgan fingerprint density at radius 1 is 1.05 bits per heavy atom. The molecule has 5 nitrogen and oxygen atoms in total. The van der Waals surface area contributed by atoms with Crippen LogP contribution in [0.15, 0.2) is 64.6 Å². The van der Waals surface area contributed by atoms with E-state index in [1.807, 2.05) is 30.3 Å². The molecule has 0 heterocycles. The van der Waals surface area contributed by atoms with Gasteiger partial charge in [-0.3, -0.25) is 0 Å². The van der Waals surface area contributed by atoms with Crippen LogP contribution in [0.25, 0.3) is 0 Å². The van der Waals surface area contributed by atoms with E-state index in [1.54, 1.807) is 19.1 Å². The normalized spacial score (nSPS) is 12.0. The number of hydrazone groups is 1. The van der Waals surface area contributed by atoms with E-state index >= 15 is 0 Å². The van der Waals surface area contributed by atoms with Crippen molar-refractivity contribution in [1.29, 1.82) is 0 Å². The summed E-state index contributed by atoms with van der Waals surface area (Å²) in [6.07, 6.45) is 0. The Kier molecular flexibility index (Phi) is 4.59. The maximum absolute atomic E-state index is 12.1. The summed E-state index contributed by atoms with van der Waals surface area (Å²) in [5, 5.41) is 3.93. The van der Waals surface area contributed by atoms with Crippen LogP contribution in [-0.2, 0) is 10.0 Å². The van der Waals surface area contributed by atoms with Gasteiger partial charge in [0.15, 0.2) is 0 Å². The number of sulfonamides is 1. The molecule has 0 aliphatic heterocycles. The van der Waals surface area contributed by atoms with Crippen LogP contribution >= 0.6 is 0 Å². The first-order chi connectivity index (χ1) is 10.0. The van der Waals surface area contributed by atoms with Crippen LogP contribution in [-0.4, -0.2) is 21.2 Å². The molecule has 110 valence electrons. The lowest BCUT2D eigenvalue weighted by atomic mass is 10.1. The molecule has 2 rings (SSSR count). The second-order valence-corrected chi connectivity index (χ2v) is 5.99. The summed E-state index contributed by atoms with van der Waals surface area (Å²) in [7, 11) is -2.16. The minimum Gasteiger partial charge on any atom is -0.497 e. The predicted octanol–water partition coefficient (Wildman–Crippen LogP) is 2.40. The summed E-state index contributed by atoms with van der Waals surface area (Å²) < 4.78 is 29.2. The lowest BCUT2D eigenvalue weighted by molar-refractivity contribution is 0.414. The molecule has 21 heavy (non-hydrogen) atoms. The lowest BCUT2D eigenvalue weighted by Crippen LogP contribution is -2.19. The summed E-state index contributed by atoms with van der Waals surface area (Å²) in [5.74, 6) is 0.595. The number of hydrogen-bond donors (Lipinski definition) is 1. The van der Waals surface area contributed by atoms with Crippen LogP contribution in [0.2, 0.25) is 0 Å². The van der Waals surface area contributed by atoms with Gasteiger partial charge in [-0.25, -0.2) is 0 Å². The predicted molar refractivity (Wildman–Crippen MR) is 82.0 cm³/mol. The average molecular weight is 304 g/mol. The van der Waals surface area contributed by atoms with Crippen molar-refractivity contribution >= 4 is 15.7 Å². The summed E-state index contributed by atoms with van der Waals surface area (Å²) in [6, 6.07) is 15.5. The summed E-state index contributed by atoms with van der Waals surface area (Å²) in [4.78, 5) is 2.36. The second kappa shape index (κ2) is 6.41. The van der Waals surface area contributed by atoms with Crippen LogP contribution in [0.1, 0.15) is 12.5 Å². The number of methoxy groups -OCH3 is 1. The number of nitrogens with zero attached hydrogens (tertiary/aromatic N) is 1. The standard InChI is InChI=1S/C15H16N2O3S/c1-12(13-6-4-3-5-7-13)16-17-21(18,19)15-10-8-14(20-2)9-11-15/h3-11,17H,1-2H3. The quantitative estimate of drug-likeness (QED) is 0.681. The Morgan fingerprint density at radius 3 is 2.24 bits per heavy atom. The van der Waals surface area contributed by atoms with E-state index in [1.165, 1.54) is 19.2 Å². The topological polar surface area (TPSA) is 67.8 Å². The fraction of sp³-hybridized carbons (Fsp3) is 0.133. The molecule has 2 aromatic rings. The fourth-order valence-corrected chi connectivity index (χ4v) is 2.54. The first-order valence-electron chi connectivity index (χ1n) is 6.28. The largest absolute Gasteiger partial charge is 0.497 e. The first kappa shape index (κ1) is 15.1. The monoisotopic (exact) mass is 304 g/mol. The number of benzene rings is 2. The van der Waals surface area contributed by atoms with Gasteiger partial charge >= 0.3 is 0 Å². The van der Waals surface area contributed by atoms with Crippen molar-refractivity contribution in [2.24, 2.45) is 5.10 Å². The van der Waals surface area contributed by atoms with Gasteiger partial charge in [0.1, 0.15) is 5.75 Å². The van der Waals surface area contributed by atoms with Crippen LogP contribution in [0.3, 0.4) is 0 Å². The fourth-order valence-electron chi connectivity index (χ4n) is 1.68. The molecule has 0 aliphatic rings. The number of ether oxygens (including phenoxy) is 1. The van der Waals surface area contributed by atoms with E-state index in [-0.39, 0.29) is 4.90 Å². The molecule has 0 saturated carbocycles. The van der Waals surface area contributed by atoms with Gasteiger partial charge in [-0.2, -0.15) is 18.4 Å². The Hall–Kier alpha value is -2.34. The molecule has 0 bridgehead atoms. The van der Waals surface area contributed by atoms with Crippen molar-refractivity contribution in [3.8, 4) is 5.75 Å². The Labute approximate surface area is 124 Å². The molecular formula is C15H16N2O3S. The van der Waals surface area contributed by atoms with Gasteiger partial charge < -0.3 is 4.74 Å². The molecule has 0 atom stereocenters. The third kappa shape index (κ3) is 3.82. The summed E-state index contributed by atoms with van der Waals surface area (Å²) >= 11 is 0. The molecule has 1 N–H and O–H groups in total. The van der Waals surface area contributed by atoms with E-state index < -0.39 is 10.0 Å². The minimum atomic E-state index is -3.68. The van der Waals surface area contributed by atoms with E-state index in [9.17, 15) is 8.42 Å². The average Bonchev–Trinajstić information content (AvgIpc) is 2.53. The van der Waals surface area contributed by atoms with Crippen molar-refractivity contribution in [3.05, 3.63) is 60.2 Å². The Bertz CT molecular complexity index is 723. The molecular weight excluding hydrogens is 288 g/mol. The molecule has 0 aliphatic carbocycles. The molecule has 0 amide bonds. The van der Waals surface area contributed by atoms with Gasteiger partial charge in [-0.15, -0.1) is 0 Å². The van der Waals surface area contributed by atoms with Gasteiger partial charge in [-0.1, -0.05) is 30.3 Å². The van der Waals surface area contributed by atoms with Crippen molar-refractivity contribution in [3.63, 3.8) is 0 Å². The number of hydrogen-bond acceptors (Lipinski definition) is 4. The summed E-state index contributed by atoms with van der Waals surface area (Å²) in [5.41, 5.74) is 1.45. The zero-order valence-electron chi connectivity index (χ0n) is 11.8. The van der Waals surface area contributed by atoms with Crippen molar-refractivity contribution in [1.82, 2.24) is 4.83 Å². The highest BCUT2D eigenvalue weighted by Gasteiger charge is 2.13. The Balaban J connectivity index is 2.17. The van der Waals surface area contributed by atoms with Crippen molar-refractivity contribution in [2.45, 2.75) is 11.8 Å². The van der Waals surface area contributed by atoms with Crippen LogP contribution in [0.4, 0.5) is 0 Å². The third-order valence-corrected chi connectivity index (χ3v) is 4.12. The molecule has 6 heteroatoms. The SMILES string of the molecule is COc1ccc(S(=O)(=O)NN=C(C)c2ccccc2)cc1. The van der Waals surface area contributed by atoms with Crippen molar-refractivity contribution in [2.75, 3.05) is 7.11 Å². The van der Waals surface area contributed by atoms with Gasteiger partial charge in [0.25, 0.3) is 10.0 Å². The first-order valence-corrected chi connectivity index (χ1v) is 7.77. The molecule has 0 fully saturated rings. The molecule has 0 spiro atoms. The molecule has 2 aromatic carbocycles. The smallest absolute Gasteiger partial charge is 0.276 e. The highest BCUT2D eigenvalue weighted by molar-refractivity contribution is 7.89. The summed E-state index contributed by atoms with van der Waals surface area (Å²) in [6.45, 7) is 1.74. The third-order valence-electron chi connectivity index (χ3n) is 2.89. The van der Waals surface area contributed by atoms with E-state index in [0.717, 1.165) is 5.56 Å². The van der Waals surface area contributed by atoms with E-state index in [2.05, 4.69) is 9.93 Å². The maximum atomic E-state index is 12.1. The van der Waals surface area contributed by atoms with Crippen molar-refractivity contribution < 1.29 is 13.2 Å². The van der Waals surface area contributed by atoms with Crippen LogP contribution in [0, 0.1) is 0 Å². The highest BCUT2D eigenvalue weighted by Crippen LogP contribution is 2.15. The number of nitrogens with one attached hydrogen (secondary N) is 1. The minimum absolute atomic E-state index is 0.132. The zero-order chi connectivity index (χ0) is 15.3. The second-order valence-electron chi connectivity index (χ2n) is 4.33. The Morgan fingerprint density at radius 2 is 1.67 bits per heavy atom. The van der Waals surface area contributed by atoms with Gasteiger partial charge in [0, 0.05) is 0 Å². The number of rotatable bonds is 5. The zero-order valence-corrected chi connectivity index (χ0v) is 12.6. The molecule has 0 saturated heterocycles. The maximum Gasteiger partial charge on any atom is 0.276 e. The van der Waals surface area contributed by atoms with Gasteiger partial charge in [0.05, 0.1) is 17.7 Å². The molecule has 0 aromatic heterocycles. The molecule has 0 radical (unpaired) electrons. The van der Waals surface area contributed by atoms with Crippen LogP contribution in [0.5, 0.6) is 5.75 Å². The van der Waals surface area contributed by atoms with E-state index in [0.29, 0.717) is 11.5 Å². The van der Waals surface area contributed by atoms with Crippen LogP contribution < -0.4 is 9.57 Å².